The molecular formula is C17H19ClN4O3. The van der Waals surface area contributed by atoms with Crippen LogP contribution >= 0.6 is 11.6 Å². The number of rotatable bonds is 3. The Kier molecular flexibility index (Phi) is 4.43. The molecule has 2 aromatic rings. The molecule has 0 radical (unpaired) electrons. The van der Waals surface area contributed by atoms with Gasteiger partial charge in [-0.2, -0.15) is 5.10 Å². The number of carbonyl (C=O) groups excluding carboxylic acids is 1. The second-order valence-corrected chi connectivity index (χ2v) is 6.94. The highest BCUT2D eigenvalue weighted by Gasteiger charge is 2.42. The van der Waals surface area contributed by atoms with Crippen molar-refractivity contribution in [3.05, 3.63) is 41.2 Å². The molecule has 8 heteroatoms. The van der Waals surface area contributed by atoms with E-state index in [-0.39, 0.29) is 12.6 Å². The Balaban J connectivity index is 1.73. The number of urea groups is 1. The molecule has 1 unspecified atom stereocenters. The maximum Gasteiger partial charge on any atom is 0.321 e. The van der Waals surface area contributed by atoms with Gasteiger partial charge in [-0.15, -0.1) is 0 Å². The first-order valence-electron chi connectivity index (χ1n) is 7.90. The molecule has 1 aromatic carbocycles. The van der Waals surface area contributed by atoms with Crippen molar-refractivity contribution in [3.8, 4) is 5.69 Å². The van der Waals surface area contributed by atoms with Gasteiger partial charge in [0.1, 0.15) is 0 Å². The van der Waals surface area contributed by atoms with Crippen LogP contribution < -0.4 is 5.32 Å². The first-order valence-corrected chi connectivity index (χ1v) is 8.28. The molecule has 0 bridgehead atoms. The predicted molar refractivity (Wildman–Crippen MR) is 94.3 cm³/mol. The van der Waals surface area contributed by atoms with Crippen LogP contribution in [0.1, 0.15) is 19.0 Å². The van der Waals surface area contributed by atoms with E-state index < -0.39 is 11.4 Å². The van der Waals surface area contributed by atoms with Gasteiger partial charge < -0.3 is 15.3 Å². The maximum absolute atomic E-state index is 12.4. The van der Waals surface area contributed by atoms with Crippen molar-refractivity contribution in [1.82, 2.24) is 14.7 Å². The monoisotopic (exact) mass is 362 g/mol. The molecule has 1 atom stereocenters. The van der Waals surface area contributed by atoms with E-state index in [1.807, 2.05) is 19.1 Å². The van der Waals surface area contributed by atoms with E-state index in [0.717, 1.165) is 11.4 Å². The lowest BCUT2D eigenvalue weighted by molar-refractivity contribution is -0.146. The summed E-state index contributed by atoms with van der Waals surface area (Å²) in [7, 11) is 0. The lowest BCUT2D eigenvalue weighted by atomic mass is 9.90. The molecule has 132 valence electrons. The Hall–Kier alpha value is -2.54. The first kappa shape index (κ1) is 17.3. The molecule has 1 saturated heterocycles. The van der Waals surface area contributed by atoms with E-state index in [0.29, 0.717) is 23.7 Å². The van der Waals surface area contributed by atoms with Crippen molar-refractivity contribution in [3.63, 3.8) is 0 Å². The van der Waals surface area contributed by atoms with Crippen molar-refractivity contribution in [2.45, 2.75) is 20.3 Å². The second kappa shape index (κ2) is 6.40. The zero-order valence-corrected chi connectivity index (χ0v) is 14.7. The standard InChI is InChI=1S/C17H19ClN4O3/c1-11-14(9-19-22(11)13-5-3-12(18)4-6-13)20-16(25)21-8-7-17(2,10-21)15(23)24/h3-6,9H,7-8,10H2,1-2H3,(H,20,25)(H,23,24). The van der Waals surface area contributed by atoms with E-state index >= 15 is 0 Å². The molecule has 0 spiro atoms. The Morgan fingerprint density at radius 3 is 2.60 bits per heavy atom. The minimum Gasteiger partial charge on any atom is -0.481 e. The first-order chi connectivity index (χ1) is 11.8. The number of hydrogen-bond acceptors (Lipinski definition) is 3. The highest BCUT2D eigenvalue weighted by Crippen LogP contribution is 2.30. The summed E-state index contributed by atoms with van der Waals surface area (Å²) in [6.45, 7) is 4.12. The molecule has 1 aromatic heterocycles. The van der Waals surface area contributed by atoms with Crippen LogP contribution in [0.15, 0.2) is 30.5 Å². The number of anilines is 1. The van der Waals surface area contributed by atoms with Gasteiger partial charge in [0.2, 0.25) is 0 Å². The number of carbonyl (C=O) groups is 2. The van der Waals surface area contributed by atoms with Gasteiger partial charge in [-0.3, -0.25) is 4.79 Å². The molecule has 2 N–H and O–H groups in total. The van der Waals surface area contributed by atoms with Gasteiger partial charge in [0.05, 0.1) is 28.7 Å². The van der Waals surface area contributed by atoms with Gasteiger partial charge in [0, 0.05) is 18.1 Å². The molecule has 1 aliphatic heterocycles. The number of benzene rings is 1. The van der Waals surface area contributed by atoms with E-state index in [1.54, 1.807) is 29.9 Å². The quantitative estimate of drug-likeness (QED) is 0.877. The number of nitrogens with one attached hydrogen (secondary N) is 1. The Morgan fingerprint density at radius 2 is 2.00 bits per heavy atom. The third-order valence-corrected chi connectivity index (χ3v) is 4.85. The largest absolute Gasteiger partial charge is 0.481 e. The van der Waals surface area contributed by atoms with Crippen molar-refractivity contribution >= 4 is 29.3 Å². The van der Waals surface area contributed by atoms with Crippen LogP contribution in [0.4, 0.5) is 10.5 Å². The molecule has 0 aliphatic carbocycles. The Labute approximate surface area is 150 Å². The van der Waals surface area contributed by atoms with Gasteiger partial charge in [-0.1, -0.05) is 11.6 Å². The number of aliphatic carboxylic acids is 1. The van der Waals surface area contributed by atoms with Crippen LogP contribution in [-0.4, -0.2) is 44.9 Å². The van der Waals surface area contributed by atoms with Crippen molar-refractivity contribution in [2.75, 3.05) is 18.4 Å². The number of aromatic nitrogens is 2. The zero-order valence-electron chi connectivity index (χ0n) is 14.0. The molecule has 2 amide bonds. The lowest BCUT2D eigenvalue weighted by Gasteiger charge is -2.20. The number of likely N-dealkylation sites (tertiary alicyclic amines) is 1. The van der Waals surface area contributed by atoms with Gasteiger partial charge in [0.25, 0.3) is 0 Å². The topological polar surface area (TPSA) is 87.5 Å². The lowest BCUT2D eigenvalue weighted by Crippen LogP contribution is -2.37. The summed E-state index contributed by atoms with van der Waals surface area (Å²) >= 11 is 5.90. The maximum atomic E-state index is 12.4. The van der Waals surface area contributed by atoms with E-state index in [1.165, 1.54) is 4.90 Å². The highest BCUT2D eigenvalue weighted by atomic mass is 35.5. The van der Waals surface area contributed by atoms with Crippen LogP contribution in [0.25, 0.3) is 5.69 Å². The average molecular weight is 363 g/mol. The molecule has 3 rings (SSSR count). The Morgan fingerprint density at radius 1 is 1.32 bits per heavy atom. The third-order valence-electron chi connectivity index (χ3n) is 4.60. The van der Waals surface area contributed by atoms with Gasteiger partial charge in [-0.05, 0) is 44.5 Å². The smallest absolute Gasteiger partial charge is 0.321 e. The second-order valence-electron chi connectivity index (χ2n) is 6.50. The van der Waals surface area contributed by atoms with Crippen molar-refractivity contribution in [2.24, 2.45) is 5.41 Å². The van der Waals surface area contributed by atoms with Gasteiger partial charge >= 0.3 is 12.0 Å². The normalized spacial score (nSPS) is 19.9. The summed E-state index contributed by atoms with van der Waals surface area (Å²) in [5, 5.41) is 17.0. The fraction of sp³-hybridized carbons (Fsp3) is 0.353. The van der Waals surface area contributed by atoms with Gasteiger partial charge in [-0.25, -0.2) is 9.48 Å². The minimum atomic E-state index is -0.889. The van der Waals surface area contributed by atoms with Crippen LogP contribution in [0.2, 0.25) is 5.02 Å². The number of amides is 2. The Bertz CT molecular complexity index is 818. The van der Waals surface area contributed by atoms with E-state index in [4.69, 9.17) is 11.6 Å². The SMILES string of the molecule is Cc1c(NC(=O)N2CCC(C)(C(=O)O)C2)cnn1-c1ccc(Cl)cc1. The summed E-state index contributed by atoms with van der Waals surface area (Å²) in [5.41, 5.74) is 1.31. The van der Waals surface area contributed by atoms with Crippen molar-refractivity contribution in [1.29, 1.82) is 0 Å². The summed E-state index contributed by atoms with van der Waals surface area (Å²) < 4.78 is 1.71. The molecule has 7 nitrogen and oxygen atoms in total. The number of hydrogen-bond donors (Lipinski definition) is 2. The van der Waals surface area contributed by atoms with Crippen LogP contribution in [-0.2, 0) is 4.79 Å². The van der Waals surface area contributed by atoms with Crippen molar-refractivity contribution < 1.29 is 14.7 Å². The van der Waals surface area contributed by atoms with Crippen LogP contribution in [0.5, 0.6) is 0 Å². The summed E-state index contributed by atoms with van der Waals surface area (Å²) in [4.78, 5) is 25.3. The fourth-order valence-electron chi connectivity index (χ4n) is 2.88. The summed E-state index contributed by atoms with van der Waals surface area (Å²) in [6, 6.07) is 6.91. The molecular weight excluding hydrogens is 344 g/mol. The fourth-order valence-corrected chi connectivity index (χ4v) is 3.00. The molecule has 0 saturated carbocycles. The molecule has 1 fully saturated rings. The third kappa shape index (κ3) is 3.32. The number of halogens is 1. The van der Waals surface area contributed by atoms with Gasteiger partial charge in [0.15, 0.2) is 0 Å². The number of carboxylic acid groups (broad SMARTS) is 1. The zero-order chi connectivity index (χ0) is 18.2. The molecule has 25 heavy (non-hydrogen) atoms. The number of carboxylic acids is 1. The molecule has 2 heterocycles. The predicted octanol–water partition coefficient (Wildman–Crippen LogP) is 3.16. The number of nitrogens with zero attached hydrogens (tertiary/aromatic N) is 3. The molecule has 1 aliphatic rings. The summed E-state index contributed by atoms with van der Waals surface area (Å²) in [5.74, 6) is -0.880. The van der Waals surface area contributed by atoms with E-state index in [9.17, 15) is 14.7 Å². The highest BCUT2D eigenvalue weighted by molar-refractivity contribution is 6.30. The van der Waals surface area contributed by atoms with E-state index in [2.05, 4.69) is 10.4 Å². The minimum absolute atomic E-state index is 0.193. The van der Waals surface area contributed by atoms with Crippen LogP contribution in [0, 0.1) is 12.3 Å². The van der Waals surface area contributed by atoms with Crippen LogP contribution in [0.3, 0.4) is 0 Å². The summed E-state index contributed by atoms with van der Waals surface area (Å²) in [6.07, 6.45) is 2.02. The average Bonchev–Trinajstić information content (AvgIpc) is 3.14.